The summed E-state index contributed by atoms with van der Waals surface area (Å²) in [5.74, 6) is -2.52. The van der Waals surface area contributed by atoms with Crippen molar-refractivity contribution in [2.45, 2.75) is 49.8 Å². The van der Waals surface area contributed by atoms with Gasteiger partial charge < -0.3 is 9.84 Å². The van der Waals surface area contributed by atoms with E-state index in [-0.39, 0.29) is 6.54 Å². The van der Waals surface area contributed by atoms with Gasteiger partial charge in [-0.2, -0.15) is 4.31 Å². The molecule has 8 heteroatoms. The van der Waals surface area contributed by atoms with E-state index in [1.165, 1.54) is 11.4 Å². The SMILES string of the molecule is COC(=O)C1CCCCN1S(=O)(=O)C1CCCC1C(=O)O. The lowest BCUT2D eigenvalue weighted by Crippen LogP contribution is -2.52. The highest BCUT2D eigenvalue weighted by molar-refractivity contribution is 7.89. The lowest BCUT2D eigenvalue weighted by atomic mass is 10.1. The van der Waals surface area contributed by atoms with Crippen molar-refractivity contribution < 1.29 is 27.9 Å². The molecule has 0 aromatic heterocycles. The first kappa shape index (κ1) is 16.2. The standard InChI is InChI=1S/C13H21NO6S/c1-20-13(17)10-6-2-3-8-14(10)21(18,19)11-7-4-5-9(11)12(15)16/h9-11H,2-8H2,1H3,(H,15,16). The van der Waals surface area contributed by atoms with Gasteiger partial charge in [0.2, 0.25) is 10.0 Å². The van der Waals surface area contributed by atoms with Gasteiger partial charge in [0.05, 0.1) is 18.3 Å². The van der Waals surface area contributed by atoms with Gasteiger partial charge in [-0.3, -0.25) is 9.59 Å². The number of hydrogen-bond donors (Lipinski definition) is 1. The zero-order chi connectivity index (χ0) is 15.6. The van der Waals surface area contributed by atoms with Crippen LogP contribution >= 0.6 is 0 Å². The molecule has 0 aromatic rings. The molecule has 2 aliphatic rings. The molecule has 1 heterocycles. The predicted octanol–water partition coefficient (Wildman–Crippen LogP) is 0.597. The number of carboxylic acid groups (broad SMARTS) is 1. The second kappa shape index (κ2) is 6.31. The minimum atomic E-state index is -3.81. The van der Waals surface area contributed by atoms with Crippen LogP contribution in [0, 0.1) is 5.92 Å². The molecule has 1 saturated heterocycles. The van der Waals surface area contributed by atoms with Crippen LogP contribution in [0.1, 0.15) is 38.5 Å². The molecule has 0 amide bonds. The van der Waals surface area contributed by atoms with Crippen molar-refractivity contribution in [2.24, 2.45) is 5.92 Å². The van der Waals surface area contributed by atoms with Crippen LogP contribution < -0.4 is 0 Å². The summed E-state index contributed by atoms with van der Waals surface area (Å²) in [6.45, 7) is 0.255. The molecular weight excluding hydrogens is 298 g/mol. The van der Waals surface area contributed by atoms with E-state index in [4.69, 9.17) is 4.74 Å². The van der Waals surface area contributed by atoms with Gasteiger partial charge in [0.25, 0.3) is 0 Å². The number of hydrogen-bond acceptors (Lipinski definition) is 5. The Labute approximate surface area is 124 Å². The lowest BCUT2D eigenvalue weighted by molar-refractivity contribution is -0.146. The lowest BCUT2D eigenvalue weighted by Gasteiger charge is -2.35. The molecule has 0 radical (unpaired) electrons. The number of aliphatic carboxylic acids is 1. The Morgan fingerprint density at radius 2 is 1.86 bits per heavy atom. The molecule has 0 bridgehead atoms. The van der Waals surface area contributed by atoms with Crippen molar-refractivity contribution in [2.75, 3.05) is 13.7 Å². The number of carbonyl (C=O) groups excluding carboxylic acids is 1. The average Bonchev–Trinajstić information content (AvgIpc) is 2.97. The van der Waals surface area contributed by atoms with Gasteiger partial charge in [0.1, 0.15) is 6.04 Å². The largest absolute Gasteiger partial charge is 0.481 e. The van der Waals surface area contributed by atoms with Gasteiger partial charge in [-0.25, -0.2) is 8.42 Å². The third-order valence-corrected chi connectivity index (χ3v) is 6.83. The van der Waals surface area contributed by atoms with E-state index in [0.717, 1.165) is 6.42 Å². The number of carbonyl (C=O) groups is 2. The first-order chi connectivity index (χ1) is 9.89. The first-order valence-corrected chi connectivity index (χ1v) is 8.71. The molecule has 7 nitrogen and oxygen atoms in total. The molecule has 3 atom stereocenters. The summed E-state index contributed by atoms with van der Waals surface area (Å²) in [5.41, 5.74) is 0. The number of sulfonamides is 1. The molecule has 3 unspecified atom stereocenters. The molecule has 0 aromatic carbocycles. The molecule has 0 spiro atoms. The minimum Gasteiger partial charge on any atom is -0.481 e. The third kappa shape index (κ3) is 3.06. The number of esters is 1. The van der Waals surface area contributed by atoms with Crippen molar-refractivity contribution in [3.8, 4) is 0 Å². The zero-order valence-corrected chi connectivity index (χ0v) is 12.8. The molecule has 120 valence electrons. The predicted molar refractivity (Wildman–Crippen MR) is 74.0 cm³/mol. The van der Waals surface area contributed by atoms with Crippen molar-refractivity contribution in [3.63, 3.8) is 0 Å². The molecule has 21 heavy (non-hydrogen) atoms. The van der Waals surface area contributed by atoms with Crippen molar-refractivity contribution >= 4 is 22.0 Å². The zero-order valence-electron chi connectivity index (χ0n) is 12.0. The summed E-state index contributed by atoms with van der Waals surface area (Å²) in [7, 11) is -2.58. The summed E-state index contributed by atoms with van der Waals surface area (Å²) in [4.78, 5) is 23.0. The van der Waals surface area contributed by atoms with Crippen LogP contribution in [0.5, 0.6) is 0 Å². The maximum absolute atomic E-state index is 12.8. The van der Waals surface area contributed by atoms with E-state index in [1.54, 1.807) is 0 Å². The van der Waals surface area contributed by atoms with Gasteiger partial charge in [-0.15, -0.1) is 0 Å². The number of rotatable bonds is 4. The quantitative estimate of drug-likeness (QED) is 0.761. The van der Waals surface area contributed by atoms with Crippen molar-refractivity contribution in [3.05, 3.63) is 0 Å². The maximum Gasteiger partial charge on any atom is 0.324 e. The number of piperidine rings is 1. The fraction of sp³-hybridized carbons (Fsp3) is 0.846. The van der Waals surface area contributed by atoms with Gasteiger partial charge in [-0.1, -0.05) is 6.42 Å². The number of methoxy groups -OCH3 is 1. The number of ether oxygens (including phenoxy) is 1. The van der Waals surface area contributed by atoms with Crippen LogP contribution in [0.3, 0.4) is 0 Å². The Morgan fingerprint density at radius 3 is 2.48 bits per heavy atom. The normalized spacial score (nSPS) is 31.0. The molecule has 1 aliphatic heterocycles. The molecule has 1 saturated carbocycles. The van der Waals surface area contributed by atoms with E-state index in [2.05, 4.69) is 0 Å². The van der Waals surface area contributed by atoms with E-state index in [9.17, 15) is 23.1 Å². The highest BCUT2D eigenvalue weighted by Gasteiger charge is 2.48. The average molecular weight is 319 g/mol. The summed E-state index contributed by atoms with van der Waals surface area (Å²) >= 11 is 0. The fourth-order valence-corrected chi connectivity index (χ4v) is 5.73. The van der Waals surface area contributed by atoms with Crippen LogP contribution in [0.25, 0.3) is 0 Å². The van der Waals surface area contributed by atoms with Crippen LogP contribution in [-0.4, -0.2) is 54.7 Å². The summed E-state index contributed by atoms with van der Waals surface area (Å²) in [6, 6.07) is -0.816. The monoisotopic (exact) mass is 319 g/mol. The molecule has 2 fully saturated rings. The van der Waals surface area contributed by atoms with Crippen molar-refractivity contribution in [1.29, 1.82) is 0 Å². The van der Waals surface area contributed by atoms with Gasteiger partial charge in [-0.05, 0) is 32.1 Å². The van der Waals surface area contributed by atoms with Gasteiger partial charge >= 0.3 is 11.9 Å². The van der Waals surface area contributed by atoms with E-state index < -0.39 is 39.2 Å². The molecular formula is C13H21NO6S. The van der Waals surface area contributed by atoms with E-state index in [1.807, 2.05) is 0 Å². The maximum atomic E-state index is 12.8. The number of carboxylic acids is 1. The smallest absolute Gasteiger partial charge is 0.324 e. The van der Waals surface area contributed by atoms with Crippen LogP contribution in [-0.2, 0) is 24.3 Å². The fourth-order valence-electron chi connectivity index (χ4n) is 3.32. The highest BCUT2D eigenvalue weighted by Crippen LogP contribution is 2.35. The number of nitrogens with zero attached hydrogens (tertiary/aromatic N) is 1. The molecule has 1 aliphatic carbocycles. The minimum absolute atomic E-state index is 0.255. The van der Waals surface area contributed by atoms with Crippen LogP contribution in [0.15, 0.2) is 0 Å². The van der Waals surface area contributed by atoms with Crippen LogP contribution in [0.2, 0.25) is 0 Å². The Hall–Kier alpha value is -1.15. The van der Waals surface area contributed by atoms with Gasteiger partial charge in [0.15, 0.2) is 0 Å². The molecule has 2 rings (SSSR count). The second-order valence-corrected chi connectivity index (χ2v) is 7.71. The third-order valence-electron chi connectivity index (χ3n) is 4.41. The Kier molecular flexibility index (Phi) is 4.88. The van der Waals surface area contributed by atoms with Crippen molar-refractivity contribution in [1.82, 2.24) is 4.31 Å². The highest BCUT2D eigenvalue weighted by atomic mass is 32.2. The first-order valence-electron chi connectivity index (χ1n) is 7.21. The second-order valence-electron chi connectivity index (χ2n) is 5.60. The molecule has 1 N–H and O–H groups in total. The Bertz CT molecular complexity index is 517. The van der Waals surface area contributed by atoms with E-state index >= 15 is 0 Å². The summed E-state index contributed by atoms with van der Waals surface area (Å²) in [5, 5.41) is 8.26. The van der Waals surface area contributed by atoms with Crippen LogP contribution in [0.4, 0.5) is 0 Å². The van der Waals surface area contributed by atoms with E-state index in [0.29, 0.717) is 32.1 Å². The Balaban J connectivity index is 2.28. The topological polar surface area (TPSA) is 101 Å². The van der Waals surface area contributed by atoms with Gasteiger partial charge in [0, 0.05) is 6.54 Å². The summed E-state index contributed by atoms with van der Waals surface area (Å²) in [6.07, 6.45) is 3.16. The Morgan fingerprint density at radius 1 is 1.14 bits per heavy atom. The summed E-state index contributed by atoms with van der Waals surface area (Å²) < 4.78 is 31.4.